The van der Waals surface area contributed by atoms with Gasteiger partial charge in [0.15, 0.2) is 0 Å². The Morgan fingerprint density at radius 1 is 1.19 bits per heavy atom. The first kappa shape index (κ1) is 15.6. The number of nitrogens with one attached hydrogen (secondary N) is 1. The number of hydrogen-bond donors (Lipinski definition) is 2. The summed E-state index contributed by atoms with van der Waals surface area (Å²) in [6.45, 7) is 2.51. The van der Waals surface area contributed by atoms with E-state index in [0.29, 0.717) is 13.0 Å². The average Bonchev–Trinajstić information content (AvgIpc) is 2.50. The molecule has 2 rings (SSSR count). The van der Waals surface area contributed by atoms with E-state index in [-0.39, 0.29) is 11.9 Å². The molecule has 112 valence electrons. The summed E-state index contributed by atoms with van der Waals surface area (Å²) in [5, 5.41) is 13.4. The summed E-state index contributed by atoms with van der Waals surface area (Å²) in [7, 11) is 0. The molecule has 0 spiro atoms. The first-order valence-corrected chi connectivity index (χ1v) is 7.26. The van der Waals surface area contributed by atoms with E-state index in [4.69, 9.17) is 0 Å². The minimum Gasteiger partial charge on any atom is -0.391 e. The van der Waals surface area contributed by atoms with E-state index in [2.05, 4.69) is 10.3 Å². The number of benzene rings is 1. The lowest BCUT2D eigenvalue weighted by Crippen LogP contribution is -2.31. The van der Waals surface area contributed by atoms with Crippen molar-refractivity contribution in [3.8, 4) is 0 Å². The van der Waals surface area contributed by atoms with Crippen molar-refractivity contribution in [3.05, 3.63) is 65.7 Å². The summed E-state index contributed by atoms with van der Waals surface area (Å²) in [4.78, 5) is 4.09. The van der Waals surface area contributed by atoms with Gasteiger partial charge in [0.2, 0.25) is 0 Å². The minimum atomic E-state index is -0.457. The summed E-state index contributed by atoms with van der Waals surface area (Å²) >= 11 is 0. The van der Waals surface area contributed by atoms with Gasteiger partial charge in [-0.3, -0.25) is 4.98 Å². The second kappa shape index (κ2) is 7.86. The van der Waals surface area contributed by atoms with Crippen molar-refractivity contribution >= 4 is 0 Å². The SMILES string of the molecule is CCC(NCC(O)Cc1ccccc1)c1ccc(F)cn1. The summed E-state index contributed by atoms with van der Waals surface area (Å²) in [6.07, 6.45) is 2.21. The summed E-state index contributed by atoms with van der Waals surface area (Å²) < 4.78 is 12.9. The lowest BCUT2D eigenvalue weighted by molar-refractivity contribution is 0.166. The summed E-state index contributed by atoms with van der Waals surface area (Å²) in [5.41, 5.74) is 1.91. The zero-order valence-electron chi connectivity index (χ0n) is 12.2. The molecule has 0 bridgehead atoms. The first-order chi connectivity index (χ1) is 10.2. The maximum Gasteiger partial charge on any atom is 0.141 e. The van der Waals surface area contributed by atoms with Gasteiger partial charge in [0.25, 0.3) is 0 Å². The molecular formula is C17H21FN2O. The molecular weight excluding hydrogens is 267 g/mol. The molecule has 0 aliphatic rings. The monoisotopic (exact) mass is 288 g/mol. The number of hydrogen-bond acceptors (Lipinski definition) is 3. The molecule has 0 aliphatic heterocycles. The highest BCUT2D eigenvalue weighted by atomic mass is 19.1. The Bertz CT molecular complexity index is 530. The number of nitrogens with zero attached hydrogens (tertiary/aromatic N) is 1. The van der Waals surface area contributed by atoms with Gasteiger partial charge in [0.1, 0.15) is 5.82 Å². The number of rotatable bonds is 7. The fourth-order valence-electron chi connectivity index (χ4n) is 2.29. The fraction of sp³-hybridized carbons (Fsp3) is 0.353. The van der Waals surface area contributed by atoms with Crippen molar-refractivity contribution in [2.45, 2.75) is 31.9 Å². The number of aliphatic hydroxyl groups excluding tert-OH is 1. The third-order valence-electron chi connectivity index (χ3n) is 3.43. The molecule has 3 nitrogen and oxygen atoms in total. The van der Waals surface area contributed by atoms with Gasteiger partial charge in [-0.15, -0.1) is 0 Å². The maximum absolute atomic E-state index is 12.9. The van der Waals surface area contributed by atoms with E-state index in [0.717, 1.165) is 17.7 Å². The van der Waals surface area contributed by atoms with Gasteiger partial charge in [-0.25, -0.2) is 4.39 Å². The second-order valence-corrected chi connectivity index (χ2v) is 5.11. The molecule has 1 aromatic carbocycles. The molecule has 1 aromatic heterocycles. The van der Waals surface area contributed by atoms with E-state index in [1.807, 2.05) is 37.3 Å². The van der Waals surface area contributed by atoms with Crippen LogP contribution in [-0.4, -0.2) is 22.7 Å². The number of halogens is 1. The third kappa shape index (κ3) is 4.92. The van der Waals surface area contributed by atoms with Crippen LogP contribution in [0.5, 0.6) is 0 Å². The van der Waals surface area contributed by atoms with Crippen LogP contribution in [0.25, 0.3) is 0 Å². The van der Waals surface area contributed by atoms with Crippen molar-refractivity contribution < 1.29 is 9.50 Å². The van der Waals surface area contributed by atoms with Crippen molar-refractivity contribution in [2.75, 3.05) is 6.54 Å². The number of pyridine rings is 1. The van der Waals surface area contributed by atoms with Crippen molar-refractivity contribution in [2.24, 2.45) is 0 Å². The Balaban J connectivity index is 1.86. The normalized spacial score (nSPS) is 13.9. The van der Waals surface area contributed by atoms with Gasteiger partial charge in [-0.1, -0.05) is 37.3 Å². The van der Waals surface area contributed by atoms with Gasteiger partial charge in [-0.2, -0.15) is 0 Å². The lowest BCUT2D eigenvalue weighted by atomic mass is 10.1. The Hall–Kier alpha value is -1.78. The number of aromatic nitrogens is 1. The molecule has 0 fully saturated rings. The smallest absolute Gasteiger partial charge is 0.141 e. The first-order valence-electron chi connectivity index (χ1n) is 7.26. The van der Waals surface area contributed by atoms with E-state index >= 15 is 0 Å². The fourth-order valence-corrected chi connectivity index (χ4v) is 2.29. The van der Waals surface area contributed by atoms with E-state index in [1.54, 1.807) is 6.07 Å². The molecule has 1 heterocycles. The van der Waals surface area contributed by atoms with Crippen LogP contribution in [0.2, 0.25) is 0 Å². The molecule has 4 heteroatoms. The van der Waals surface area contributed by atoms with Crippen LogP contribution in [0.15, 0.2) is 48.7 Å². The Morgan fingerprint density at radius 2 is 1.95 bits per heavy atom. The van der Waals surface area contributed by atoms with Gasteiger partial charge >= 0.3 is 0 Å². The van der Waals surface area contributed by atoms with Gasteiger partial charge in [0.05, 0.1) is 18.0 Å². The highest BCUT2D eigenvalue weighted by Gasteiger charge is 2.13. The predicted molar refractivity (Wildman–Crippen MR) is 81.4 cm³/mol. The minimum absolute atomic E-state index is 0.0241. The Morgan fingerprint density at radius 3 is 2.57 bits per heavy atom. The molecule has 2 unspecified atom stereocenters. The zero-order chi connectivity index (χ0) is 15.1. The molecule has 0 amide bonds. The van der Waals surface area contributed by atoms with Crippen molar-refractivity contribution in [3.63, 3.8) is 0 Å². The molecule has 0 saturated heterocycles. The lowest BCUT2D eigenvalue weighted by Gasteiger charge is -2.19. The van der Waals surface area contributed by atoms with Gasteiger partial charge in [0, 0.05) is 12.6 Å². The average molecular weight is 288 g/mol. The van der Waals surface area contributed by atoms with Crippen LogP contribution in [0.4, 0.5) is 4.39 Å². The van der Waals surface area contributed by atoms with Crippen molar-refractivity contribution in [1.29, 1.82) is 0 Å². The van der Waals surface area contributed by atoms with Crippen LogP contribution in [0.3, 0.4) is 0 Å². The summed E-state index contributed by atoms with van der Waals surface area (Å²) in [6, 6.07) is 13.0. The van der Waals surface area contributed by atoms with E-state index in [1.165, 1.54) is 12.3 Å². The Labute approximate surface area is 124 Å². The van der Waals surface area contributed by atoms with Crippen LogP contribution in [0, 0.1) is 5.82 Å². The molecule has 0 aliphatic carbocycles. The predicted octanol–water partition coefficient (Wildman–Crippen LogP) is 2.87. The zero-order valence-corrected chi connectivity index (χ0v) is 12.2. The van der Waals surface area contributed by atoms with Gasteiger partial charge < -0.3 is 10.4 Å². The standard InChI is InChI=1S/C17H21FN2O/c1-2-16(17-9-8-14(18)11-19-17)20-12-15(21)10-13-6-4-3-5-7-13/h3-9,11,15-16,20-21H,2,10,12H2,1H3. The van der Waals surface area contributed by atoms with Crippen molar-refractivity contribution in [1.82, 2.24) is 10.3 Å². The van der Waals surface area contributed by atoms with Crippen LogP contribution < -0.4 is 5.32 Å². The van der Waals surface area contributed by atoms with E-state index in [9.17, 15) is 9.50 Å². The second-order valence-electron chi connectivity index (χ2n) is 5.11. The molecule has 2 aromatic rings. The van der Waals surface area contributed by atoms with Gasteiger partial charge in [-0.05, 0) is 30.5 Å². The largest absolute Gasteiger partial charge is 0.391 e. The number of aliphatic hydroxyl groups is 1. The molecule has 2 N–H and O–H groups in total. The molecule has 0 saturated carbocycles. The van der Waals surface area contributed by atoms with Crippen LogP contribution in [0.1, 0.15) is 30.6 Å². The quantitative estimate of drug-likeness (QED) is 0.823. The van der Waals surface area contributed by atoms with Crippen LogP contribution >= 0.6 is 0 Å². The Kier molecular flexibility index (Phi) is 5.84. The topological polar surface area (TPSA) is 45.1 Å². The van der Waals surface area contributed by atoms with E-state index < -0.39 is 6.10 Å². The highest BCUT2D eigenvalue weighted by Crippen LogP contribution is 2.14. The summed E-state index contributed by atoms with van der Waals surface area (Å²) in [5.74, 6) is -0.335. The molecule has 0 radical (unpaired) electrons. The maximum atomic E-state index is 12.9. The highest BCUT2D eigenvalue weighted by molar-refractivity contribution is 5.15. The molecule has 2 atom stereocenters. The van der Waals surface area contributed by atoms with Crippen LogP contribution in [-0.2, 0) is 6.42 Å². The molecule has 21 heavy (non-hydrogen) atoms. The third-order valence-corrected chi connectivity index (χ3v) is 3.43.